The van der Waals surface area contributed by atoms with Gasteiger partial charge in [-0.05, 0) is 30.9 Å². The Balaban J connectivity index is 2.01. The van der Waals surface area contributed by atoms with Gasteiger partial charge in [0, 0.05) is 5.69 Å². The summed E-state index contributed by atoms with van der Waals surface area (Å²) < 4.78 is -0.224. The molecule has 2 aliphatic heterocycles. The summed E-state index contributed by atoms with van der Waals surface area (Å²) in [6.45, 7) is 3.67. The number of hydroxylamine groups is 3. The van der Waals surface area contributed by atoms with Gasteiger partial charge in [0.25, 0.3) is 0 Å². The maximum Gasteiger partial charge on any atom is 0.240 e. The molecular formula is C15H20N2O2. The Bertz CT molecular complexity index is 513. The number of likely N-dealkylation sites (tertiary alicyclic amines) is 1. The van der Waals surface area contributed by atoms with Gasteiger partial charge >= 0.3 is 0 Å². The van der Waals surface area contributed by atoms with Crippen molar-refractivity contribution in [2.24, 2.45) is 0 Å². The van der Waals surface area contributed by atoms with Crippen LogP contribution in [0.3, 0.4) is 0 Å². The molecule has 2 aliphatic rings. The third-order valence-corrected chi connectivity index (χ3v) is 4.48. The zero-order valence-corrected chi connectivity index (χ0v) is 11.3. The van der Waals surface area contributed by atoms with E-state index in [0.29, 0.717) is 19.6 Å². The molecule has 19 heavy (non-hydrogen) atoms. The lowest BCUT2D eigenvalue weighted by Crippen LogP contribution is -2.58. The van der Waals surface area contributed by atoms with Gasteiger partial charge in [-0.25, -0.2) is 0 Å². The summed E-state index contributed by atoms with van der Waals surface area (Å²) in [4.78, 5) is 12.4. The van der Waals surface area contributed by atoms with Gasteiger partial charge in [0.15, 0.2) is 0 Å². The molecule has 4 nitrogen and oxygen atoms in total. The highest BCUT2D eigenvalue weighted by atomic mass is 16.5. The Kier molecular flexibility index (Phi) is 2.87. The highest BCUT2D eigenvalue weighted by Gasteiger charge is 2.52. The van der Waals surface area contributed by atoms with E-state index in [4.69, 9.17) is 0 Å². The van der Waals surface area contributed by atoms with Crippen LogP contribution in [-0.2, 0) is 10.2 Å². The van der Waals surface area contributed by atoms with Gasteiger partial charge in [-0.2, -0.15) is 0 Å². The van der Waals surface area contributed by atoms with Crippen LogP contribution in [0.2, 0.25) is 0 Å². The molecular weight excluding hydrogens is 240 g/mol. The van der Waals surface area contributed by atoms with E-state index >= 15 is 0 Å². The lowest BCUT2D eigenvalue weighted by molar-refractivity contribution is -0.889. The van der Waals surface area contributed by atoms with Gasteiger partial charge in [0.05, 0.1) is 19.6 Å². The average molecular weight is 260 g/mol. The highest BCUT2D eigenvalue weighted by Crippen LogP contribution is 2.45. The van der Waals surface area contributed by atoms with Crippen LogP contribution in [0, 0.1) is 5.21 Å². The van der Waals surface area contributed by atoms with Gasteiger partial charge in [0.2, 0.25) is 5.91 Å². The van der Waals surface area contributed by atoms with E-state index in [0.717, 1.165) is 30.5 Å². The summed E-state index contributed by atoms with van der Waals surface area (Å²) in [5, 5.41) is 15.7. The van der Waals surface area contributed by atoms with Crippen molar-refractivity contribution in [3.05, 3.63) is 35.0 Å². The Morgan fingerprint density at radius 3 is 3.00 bits per heavy atom. The fourth-order valence-corrected chi connectivity index (χ4v) is 3.70. The predicted octanol–water partition coefficient (Wildman–Crippen LogP) is 2.39. The first-order valence-electron chi connectivity index (χ1n) is 7.08. The highest BCUT2D eigenvalue weighted by molar-refractivity contribution is 6.06. The minimum Gasteiger partial charge on any atom is -0.633 e. The third kappa shape index (κ3) is 1.86. The van der Waals surface area contributed by atoms with E-state index in [1.807, 2.05) is 31.2 Å². The number of para-hydroxylation sites is 1. The quantitative estimate of drug-likeness (QED) is 0.655. The van der Waals surface area contributed by atoms with E-state index in [1.165, 1.54) is 0 Å². The lowest BCUT2D eigenvalue weighted by Gasteiger charge is -2.51. The molecule has 0 saturated carbocycles. The van der Waals surface area contributed by atoms with Crippen molar-refractivity contribution in [2.75, 3.05) is 25.0 Å². The van der Waals surface area contributed by atoms with Gasteiger partial charge < -0.3 is 15.2 Å². The second-order valence-electron chi connectivity index (χ2n) is 5.85. The number of benzene rings is 1. The van der Waals surface area contributed by atoms with E-state index in [1.54, 1.807) is 0 Å². The maximum absolute atomic E-state index is 12.8. The number of amides is 1. The number of hydrogen-bond acceptors (Lipinski definition) is 2. The number of piperidine rings is 1. The van der Waals surface area contributed by atoms with Crippen LogP contribution in [0.5, 0.6) is 0 Å². The second kappa shape index (κ2) is 4.32. The molecule has 102 valence electrons. The Morgan fingerprint density at radius 1 is 1.42 bits per heavy atom. The Morgan fingerprint density at radius 2 is 2.21 bits per heavy atom. The molecule has 0 radical (unpaired) electrons. The fourth-order valence-electron chi connectivity index (χ4n) is 3.70. The molecule has 0 bridgehead atoms. The first-order valence-corrected chi connectivity index (χ1v) is 7.08. The van der Waals surface area contributed by atoms with Crippen molar-refractivity contribution in [1.82, 2.24) is 0 Å². The lowest BCUT2D eigenvalue weighted by atomic mass is 9.74. The monoisotopic (exact) mass is 260 g/mol. The molecule has 3 rings (SSSR count). The number of fused-ring (bicyclic) bond motifs is 2. The van der Waals surface area contributed by atoms with Gasteiger partial charge in [-0.15, -0.1) is 0 Å². The number of carbonyl (C=O) groups excluding carboxylic acids is 1. The minimum atomic E-state index is -0.592. The predicted molar refractivity (Wildman–Crippen MR) is 74.5 cm³/mol. The number of hydrogen-bond donors (Lipinski definition) is 1. The van der Waals surface area contributed by atoms with Crippen molar-refractivity contribution >= 4 is 11.6 Å². The van der Waals surface area contributed by atoms with Crippen molar-refractivity contribution < 1.29 is 9.44 Å². The summed E-state index contributed by atoms with van der Waals surface area (Å²) in [5.41, 5.74) is 1.32. The number of carbonyl (C=O) groups is 1. The van der Waals surface area contributed by atoms with E-state index in [9.17, 15) is 10.0 Å². The molecule has 0 aliphatic carbocycles. The number of rotatable bonds is 2. The summed E-state index contributed by atoms with van der Waals surface area (Å²) in [5.74, 6) is 0.0165. The number of quaternary nitrogens is 1. The first kappa shape index (κ1) is 12.6. The summed E-state index contributed by atoms with van der Waals surface area (Å²) in [6.07, 6.45) is 2.48. The summed E-state index contributed by atoms with van der Waals surface area (Å²) in [7, 11) is 0. The number of nitrogens with one attached hydrogen (secondary N) is 1. The molecule has 1 aromatic carbocycles. The van der Waals surface area contributed by atoms with Crippen molar-refractivity contribution in [3.8, 4) is 0 Å². The van der Waals surface area contributed by atoms with Crippen LogP contribution in [0.1, 0.15) is 31.7 Å². The SMILES string of the molecule is CCC[N+]1([O-])CCCC2(C1)C(=O)Nc1ccccc12. The number of nitrogens with zero attached hydrogens (tertiary/aromatic N) is 1. The zero-order chi connectivity index (χ0) is 13.5. The van der Waals surface area contributed by atoms with E-state index in [2.05, 4.69) is 5.32 Å². The largest absolute Gasteiger partial charge is 0.633 e. The van der Waals surface area contributed by atoms with Crippen molar-refractivity contribution in [3.63, 3.8) is 0 Å². The molecule has 4 heteroatoms. The van der Waals surface area contributed by atoms with Crippen molar-refractivity contribution in [2.45, 2.75) is 31.6 Å². The Hall–Kier alpha value is -1.39. The Labute approximate surface area is 113 Å². The van der Waals surface area contributed by atoms with Crippen LogP contribution < -0.4 is 5.32 Å². The zero-order valence-electron chi connectivity index (χ0n) is 11.3. The van der Waals surface area contributed by atoms with Crippen molar-refractivity contribution in [1.29, 1.82) is 0 Å². The van der Waals surface area contributed by atoms with Crippen LogP contribution in [0.4, 0.5) is 5.69 Å². The topological polar surface area (TPSA) is 52.2 Å². The maximum atomic E-state index is 12.8. The molecule has 2 heterocycles. The fraction of sp³-hybridized carbons (Fsp3) is 0.533. The molecule has 1 spiro atoms. The molecule has 1 amide bonds. The number of anilines is 1. The van der Waals surface area contributed by atoms with E-state index in [-0.39, 0.29) is 10.6 Å². The molecule has 1 N–H and O–H groups in total. The van der Waals surface area contributed by atoms with Crippen LogP contribution >= 0.6 is 0 Å². The van der Waals surface area contributed by atoms with Gasteiger partial charge in [-0.1, -0.05) is 25.1 Å². The molecule has 2 atom stereocenters. The molecule has 2 unspecified atom stereocenters. The minimum absolute atomic E-state index is 0.0165. The normalized spacial score (nSPS) is 33.3. The average Bonchev–Trinajstić information content (AvgIpc) is 2.63. The summed E-state index contributed by atoms with van der Waals surface area (Å²) in [6, 6.07) is 7.80. The second-order valence-corrected chi connectivity index (χ2v) is 5.85. The smallest absolute Gasteiger partial charge is 0.240 e. The van der Waals surface area contributed by atoms with Gasteiger partial charge in [-0.3, -0.25) is 4.79 Å². The third-order valence-electron chi connectivity index (χ3n) is 4.48. The molecule has 1 saturated heterocycles. The summed E-state index contributed by atoms with van der Waals surface area (Å²) >= 11 is 0. The van der Waals surface area contributed by atoms with E-state index < -0.39 is 5.41 Å². The van der Waals surface area contributed by atoms with Gasteiger partial charge in [0.1, 0.15) is 5.41 Å². The van der Waals surface area contributed by atoms with Crippen LogP contribution in [-0.4, -0.2) is 30.2 Å². The van der Waals surface area contributed by atoms with Crippen LogP contribution in [0.25, 0.3) is 0 Å². The molecule has 0 aromatic heterocycles. The standard InChI is InChI=1S/C15H20N2O2/c1-2-9-17(19)10-5-8-15(11-17)12-6-3-4-7-13(12)16-14(15)18/h3-4,6-7H,2,5,8-11H2,1H3,(H,16,18). The first-order chi connectivity index (χ1) is 9.10. The van der Waals surface area contributed by atoms with Crippen LogP contribution in [0.15, 0.2) is 24.3 Å². The molecule has 1 aromatic rings. The molecule has 1 fully saturated rings.